The molecule has 138 valence electrons. The number of nitrogens with zero attached hydrogens (tertiary/aromatic N) is 1. The van der Waals surface area contributed by atoms with Crippen LogP contribution in [-0.4, -0.2) is 12.5 Å². The minimum absolute atomic E-state index is 0.00286. The number of rotatable bonds is 7. The lowest BCUT2D eigenvalue weighted by atomic mass is 10.0. The molecule has 2 rings (SSSR count). The second-order valence-electron chi connectivity index (χ2n) is 5.83. The first-order chi connectivity index (χ1) is 13.0. The number of carbonyl (C=O) groups is 1. The second kappa shape index (κ2) is 9.61. The number of nitrogens with one attached hydrogen (secondary N) is 1. The quantitative estimate of drug-likeness (QED) is 0.401. The zero-order valence-electron chi connectivity index (χ0n) is 15.4. The predicted molar refractivity (Wildman–Crippen MR) is 110 cm³/mol. The molecule has 0 aliphatic carbocycles. The Morgan fingerprint density at radius 2 is 2.15 bits per heavy atom. The molecule has 0 aromatic heterocycles. The number of hydrogen-bond donors (Lipinski definition) is 1. The minimum Gasteiger partial charge on any atom is -0.494 e. The van der Waals surface area contributed by atoms with Crippen molar-refractivity contribution in [2.24, 2.45) is 0 Å². The van der Waals surface area contributed by atoms with Crippen LogP contribution in [0.25, 0.3) is 6.08 Å². The molecule has 0 unspecified atom stereocenters. The SMILES string of the molecule is C=CCc1cc(/C=C(\C#N)C(=O)Nc2cccc(Cl)c2C)ccc1OCC. The standard InChI is InChI=1S/C22H21ClN2O2/c1-4-7-17-12-16(10-11-21(17)27-5-2)13-18(14-24)22(26)25-20-9-6-8-19(23)15(20)3/h4,6,8-13H,1,5,7H2,2-3H3,(H,25,26)/b18-13+. The van der Waals surface area contributed by atoms with E-state index in [9.17, 15) is 10.1 Å². The molecule has 4 nitrogen and oxygen atoms in total. The average Bonchev–Trinajstić information content (AvgIpc) is 2.65. The van der Waals surface area contributed by atoms with Gasteiger partial charge in [0.1, 0.15) is 17.4 Å². The third-order valence-corrected chi connectivity index (χ3v) is 4.35. The van der Waals surface area contributed by atoms with E-state index in [1.54, 1.807) is 30.4 Å². The van der Waals surface area contributed by atoms with Crippen molar-refractivity contribution in [1.29, 1.82) is 5.26 Å². The summed E-state index contributed by atoms with van der Waals surface area (Å²) in [6.07, 6.45) is 3.97. The molecule has 0 aliphatic rings. The van der Waals surface area contributed by atoms with E-state index in [0.717, 1.165) is 22.4 Å². The van der Waals surface area contributed by atoms with E-state index in [1.165, 1.54) is 0 Å². The Kier molecular flexibility index (Phi) is 7.22. The van der Waals surface area contributed by atoms with Gasteiger partial charge in [-0.15, -0.1) is 6.58 Å². The first-order valence-corrected chi connectivity index (χ1v) is 8.92. The second-order valence-corrected chi connectivity index (χ2v) is 6.24. The molecule has 0 heterocycles. The molecule has 2 aromatic rings. The lowest BCUT2D eigenvalue weighted by molar-refractivity contribution is -0.112. The average molecular weight is 381 g/mol. The van der Waals surface area contributed by atoms with Gasteiger partial charge in [-0.3, -0.25) is 4.79 Å². The zero-order valence-corrected chi connectivity index (χ0v) is 16.1. The van der Waals surface area contributed by atoms with E-state index in [0.29, 0.717) is 23.7 Å². The monoisotopic (exact) mass is 380 g/mol. The summed E-state index contributed by atoms with van der Waals surface area (Å²) in [5.41, 5.74) is 3.02. The predicted octanol–water partition coefficient (Wildman–Crippen LogP) is 5.32. The van der Waals surface area contributed by atoms with Crippen molar-refractivity contribution in [3.05, 3.63) is 76.3 Å². The Hall–Kier alpha value is -3.03. The first-order valence-electron chi connectivity index (χ1n) is 8.55. The molecular formula is C22H21ClN2O2. The van der Waals surface area contributed by atoms with Crippen LogP contribution < -0.4 is 10.1 Å². The summed E-state index contributed by atoms with van der Waals surface area (Å²) in [5.74, 6) is 0.286. The number of ether oxygens (including phenoxy) is 1. The highest BCUT2D eigenvalue weighted by Crippen LogP contribution is 2.25. The lowest BCUT2D eigenvalue weighted by Crippen LogP contribution is -2.14. The molecule has 0 aliphatic heterocycles. The molecule has 27 heavy (non-hydrogen) atoms. The number of carbonyl (C=O) groups excluding carboxylic acids is 1. The minimum atomic E-state index is -0.484. The highest BCUT2D eigenvalue weighted by molar-refractivity contribution is 6.31. The fourth-order valence-electron chi connectivity index (χ4n) is 2.55. The Morgan fingerprint density at radius 1 is 1.37 bits per heavy atom. The normalized spacial score (nSPS) is 10.8. The van der Waals surface area contributed by atoms with Crippen LogP contribution in [0.5, 0.6) is 5.75 Å². The largest absolute Gasteiger partial charge is 0.494 e. The van der Waals surface area contributed by atoms with Crippen molar-refractivity contribution in [2.45, 2.75) is 20.3 Å². The van der Waals surface area contributed by atoms with Gasteiger partial charge in [0.25, 0.3) is 5.91 Å². The van der Waals surface area contributed by atoms with Gasteiger partial charge in [-0.1, -0.05) is 29.8 Å². The molecule has 1 amide bonds. The zero-order chi connectivity index (χ0) is 19.8. The van der Waals surface area contributed by atoms with Crippen LogP contribution in [0, 0.1) is 18.3 Å². The van der Waals surface area contributed by atoms with Gasteiger partial charge in [-0.25, -0.2) is 0 Å². The van der Waals surface area contributed by atoms with Gasteiger partial charge in [0, 0.05) is 10.7 Å². The van der Waals surface area contributed by atoms with Gasteiger partial charge in [0.05, 0.1) is 6.61 Å². The van der Waals surface area contributed by atoms with Gasteiger partial charge >= 0.3 is 0 Å². The molecule has 0 spiro atoms. The molecule has 5 heteroatoms. The summed E-state index contributed by atoms with van der Waals surface area (Å²) in [5, 5.41) is 12.7. The van der Waals surface area contributed by atoms with Crippen LogP contribution in [-0.2, 0) is 11.2 Å². The highest BCUT2D eigenvalue weighted by Gasteiger charge is 2.12. The summed E-state index contributed by atoms with van der Waals surface area (Å²) in [4.78, 5) is 12.5. The van der Waals surface area contributed by atoms with Gasteiger partial charge in [0.15, 0.2) is 0 Å². The van der Waals surface area contributed by atoms with Crippen LogP contribution in [0.3, 0.4) is 0 Å². The summed E-state index contributed by atoms with van der Waals surface area (Å²) in [6, 6.07) is 12.7. The lowest BCUT2D eigenvalue weighted by Gasteiger charge is -2.11. The van der Waals surface area contributed by atoms with Crippen molar-refractivity contribution in [3.8, 4) is 11.8 Å². The van der Waals surface area contributed by atoms with E-state index in [4.69, 9.17) is 16.3 Å². The van der Waals surface area contributed by atoms with Crippen LogP contribution in [0.2, 0.25) is 5.02 Å². The van der Waals surface area contributed by atoms with Crippen molar-refractivity contribution in [1.82, 2.24) is 0 Å². The number of nitriles is 1. The Balaban J connectivity index is 2.30. The van der Waals surface area contributed by atoms with Crippen molar-refractivity contribution < 1.29 is 9.53 Å². The molecule has 0 saturated heterocycles. The van der Waals surface area contributed by atoms with Crippen LogP contribution >= 0.6 is 11.6 Å². The number of amides is 1. The topological polar surface area (TPSA) is 62.1 Å². The summed E-state index contributed by atoms with van der Waals surface area (Å²) in [6.45, 7) is 8.04. The number of allylic oxidation sites excluding steroid dienone is 1. The van der Waals surface area contributed by atoms with E-state index >= 15 is 0 Å². The fourth-order valence-corrected chi connectivity index (χ4v) is 2.72. The Bertz CT molecular complexity index is 926. The molecule has 1 N–H and O–H groups in total. The maximum atomic E-state index is 12.5. The molecule has 0 saturated carbocycles. The van der Waals surface area contributed by atoms with Gasteiger partial charge in [-0.05, 0) is 67.3 Å². The van der Waals surface area contributed by atoms with Gasteiger partial charge in [0.2, 0.25) is 0 Å². The Labute approximate surface area is 164 Å². The van der Waals surface area contributed by atoms with E-state index in [1.807, 2.05) is 38.1 Å². The van der Waals surface area contributed by atoms with Crippen molar-refractivity contribution in [3.63, 3.8) is 0 Å². The first kappa shape index (κ1) is 20.3. The summed E-state index contributed by atoms with van der Waals surface area (Å²) < 4.78 is 5.60. The van der Waals surface area contributed by atoms with Crippen molar-refractivity contribution >= 4 is 29.3 Å². The Morgan fingerprint density at radius 3 is 2.81 bits per heavy atom. The maximum Gasteiger partial charge on any atom is 0.266 e. The van der Waals surface area contributed by atoms with Gasteiger partial charge in [-0.2, -0.15) is 5.26 Å². The molecule has 0 radical (unpaired) electrons. The molecule has 2 aromatic carbocycles. The van der Waals surface area contributed by atoms with E-state index in [2.05, 4.69) is 11.9 Å². The highest BCUT2D eigenvalue weighted by atomic mass is 35.5. The molecular weight excluding hydrogens is 360 g/mol. The number of hydrogen-bond acceptors (Lipinski definition) is 3. The van der Waals surface area contributed by atoms with Crippen LogP contribution in [0.15, 0.2) is 54.6 Å². The summed E-state index contributed by atoms with van der Waals surface area (Å²) >= 11 is 6.08. The fraction of sp³-hybridized carbons (Fsp3) is 0.182. The number of halogens is 1. The maximum absolute atomic E-state index is 12.5. The van der Waals surface area contributed by atoms with Crippen LogP contribution in [0.4, 0.5) is 5.69 Å². The molecule has 0 atom stereocenters. The smallest absolute Gasteiger partial charge is 0.266 e. The van der Waals surface area contributed by atoms with E-state index < -0.39 is 5.91 Å². The molecule has 0 fully saturated rings. The molecule has 0 bridgehead atoms. The van der Waals surface area contributed by atoms with Gasteiger partial charge < -0.3 is 10.1 Å². The number of anilines is 1. The number of benzene rings is 2. The summed E-state index contributed by atoms with van der Waals surface area (Å²) in [7, 11) is 0. The third-order valence-electron chi connectivity index (χ3n) is 3.94. The third kappa shape index (κ3) is 5.22. The van der Waals surface area contributed by atoms with Crippen molar-refractivity contribution in [2.75, 3.05) is 11.9 Å². The van der Waals surface area contributed by atoms with Crippen LogP contribution in [0.1, 0.15) is 23.6 Å². The van der Waals surface area contributed by atoms with E-state index in [-0.39, 0.29) is 5.57 Å².